The number of ether oxygens (including phenoxy) is 1. The van der Waals surface area contributed by atoms with Gasteiger partial charge in [-0.1, -0.05) is 6.07 Å². The lowest BCUT2D eigenvalue weighted by Gasteiger charge is -2.14. The number of nitrogens with two attached hydrogens (primary N) is 1. The molecule has 1 aromatic heterocycles. The lowest BCUT2D eigenvalue weighted by molar-refractivity contribution is 0.420. The van der Waals surface area contributed by atoms with Crippen molar-refractivity contribution >= 4 is 10.9 Å². The number of aromatic nitrogens is 1. The van der Waals surface area contributed by atoms with E-state index in [9.17, 15) is 0 Å². The highest BCUT2D eigenvalue weighted by Crippen LogP contribution is 2.31. The lowest BCUT2D eigenvalue weighted by Crippen LogP contribution is -2.08. The first-order valence-electron chi connectivity index (χ1n) is 6.56. The quantitative estimate of drug-likeness (QED) is 0.880. The highest BCUT2D eigenvalue weighted by atomic mass is 16.5. The third-order valence-electron chi connectivity index (χ3n) is 3.30. The first-order valence-corrected chi connectivity index (χ1v) is 6.56. The van der Waals surface area contributed by atoms with Crippen molar-refractivity contribution in [3.05, 3.63) is 30.0 Å². The Hall–Kier alpha value is -1.48. The Morgan fingerprint density at radius 3 is 2.72 bits per heavy atom. The van der Waals surface area contributed by atoms with Crippen LogP contribution in [0.15, 0.2) is 24.3 Å². The Bertz CT molecular complexity index is 529. The second kappa shape index (κ2) is 5.44. The van der Waals surface area contributed by atoms with Crippen LogP contribution in [0.2, 0.25) is 0 Å². The van der Waals surface area contributed by atoms with Gasteiger partial charge in [-0.25, -0.2) is 0 Å². The van der Waals surface area contributed by atoms with Crippen molar-refractivity contribution in [1.29, 1.82) is 0 Å². The maximum atomic E-state index is 5.62. The number of benzene rings is 1. The van der Waals surface area contributed by atoms with Crippen LogP contribution in [0.25, 0.3) is 10.9 Å². The van der Waals surface area contributed by atoms with Crippen LogP contribution in [0.1, 0.15) is 32.0 Å². The van der Waals surface area contributed by atoms with Gasteiger partial charge >= 0.3 is 0 Å². The third kappa shape index (κ3) is 2.23. The molecule has 0 unspecified atom stereocenters. The Kier molecular flexibility index (Phi) is 3.92. The molecule has 0 fully saturated rings. The Morgan fingerprint density at radius 2 is 2.11 bits per heavy atom. The first kappa shape index (κ1) is 13.0. The van der Waals surface area contributed by atoms with Crippen molar-refractivity contribution < 1.29 is 4.74 Å². The van der Waals surface area contributed by atoms with E-state index in [1.54, 1.807) is 7.11 Å². The van der Waals surface area contributed by atoms with Gasteiger partial charge in [-0.15, -0.1) is 0 Å². The second-order valence-electron chi connectivity index (χ2n) is 4.88. The van der Waals surface area contributed by atoms with Gasteiger partial charge in [-0.3, -0.25) is 0 Å². The van der Waals surface area contributed by atoms with Gasteiger partial charge in [0.05, 0.1) is 12.6 Å². The minimum Gasteiger partial charge on any atom is -0.496 e. The second-order valence-corrected chi connectivity index (χ2v) is 4.88. The van der Waals surface area contributed by atoms with E-state index in [-0.39, 0.29) is 0 Å². The average molecular weight is 246 g/mol. The smallest absolute Gasteiger partial charge is 0.128 e. The molecule has 18 heavy (non-hydrogen) atoms. The third-order valence-corrected chi connectivity index (χ3v) is 3.30. The fraction of sp³-hybridized carbons (Fsp3) is 0.467. The van der Waals surface area contributed by atoms with E-state index in [1.807, 2.05) is 12.1 Å². The van der Waals surface area contributed by atoms with Gasteiger partial charge < -0.3 is 15.0 Å². The summed E-state index contributed by atoms with van der Waals surface area (Å²) >= 11 is 0. The van der Waals surface area contributed by atoms with Gasteiger partial charge in [0, 0.05) is 17.1 Å². The summed E-state index contributed by atoms with van der Waals surface area (Å²) in [6.45, 7) is 5.16. The van der Waals surface area contributed by atoms with Gasteiger partial charge in [0.15, 0.2) is 0 Å². The molecular formula is C15H22N2O. The van der Waals surface area contributed by atoms with Crippen LogP contribution in [0, 0.1) is 0 Å². The van der Waals surface area contributed by atoms with E-state index >= 15 is 0 Å². The molecule has 0 bridgehead atoms. The van der Waals surface area contributed by atoms with E-state index in [4.69, 9.17) is 10.5 Å². The highest BCUT2D eigenvalue weighted by molar-refractivity contribution is 5.87. The molecule has 0 saturated carbocycles. The van der Waals surface area contributed by atoms with Crippen LogP contribution in [-0.4, -0.2) is 18.2 Å². The molecule has 0 aliphatic rings. The maximum absolute atomic E-state index is 5.62. The lowest BCUT2D eigenvalue weighted by atomic mass is 10.2. The molecule has 3 heteroatoms. The average Bonchev–Trinajstić information content (AvgIpc) is 2.74. The van der Waals surface area contributed by atoms with Gasteiger partial charge in [0.2, 0.25) is 0 Å². The maximum Gasteiger partial charge on any atom is 0.128 e. The molecule has 0 spiro atoms. The van der Waals surface area contributed by atoms with Gasteiger partial charge in [-0.2, -0.15) is 0 Å². The minimum absolute atomic E-state index is 0.447. The predicted molar refractivity (Wildman–Crippen MR) is 76.3 cm³/mol. The summed E-state index contributed by atoms with van der Waals surface area (Å²) in [5.41, 5.74) is 8.21. The zero-order valence-electron chi connectivity index (χ0n) is 11.4. The zero-order valence-corrected chi connectivity index (χ0v) is 11.4. The number of methoxy groups -OCH3 is 1. The molecule has 1 aromatic carbocycles. The molecule has 0 saturated heterocycles. The van der Waals surface area contributed by atoms with Crippen molar-refractivity contribution in [2.75, 3.05) is 13.7 Å². The van der Waals surface area contributed by atoms with Crippen LogP contribution in [-0.2, 0) is 6.42 Å². The number of aryl methyl sites for hydroxylation is 1. The van der Waals surface area contributed by atoms with Crippen molar-refractivity contribution in [3.63, 3.8) is 0 Å². The molecule has 3 nitrogen and oxygen atoms in total. The van der Waals surface area contributed by atoms with Gasteiger partial charge in [-0.05, 0) is 51.4 Å². The molecule has 2 rings (SSSR count). The standard InChI is InChI=1S/C15H22N2O/c1-11(2)17-12(6-5-9-16)10-13-14(17)7-4-8-15(13)18-3/h4,7-8,10-11H,5-6,9,16H2,1-3H3. The van der Waals surface area contributed by atoms with Crippen molar-refractivity contribution in [2.24, 2.45) is 5.73 Å². The molecule has 0 amide bonds. The number of nitrogens with zero attached hydrogens (tertiary/aromatic N) is 1. The Balaban J connectivity index is 2.59. The highest BCUT2D eigenvalue weighted by Gasteiger charge is 2.13. The fourth-order valence-corrected chi connectivity index (χ4v) is 2.54. The number of fused-ring (bicyclic) bond motifs is 1. The molecule has 2 aromatic rings. The topological polar surface area (TPSA) is 40.2 Å². The van der Waals surface area contributed by atoms with Crippen molar-refractivity contribution in [1.82, 2.24) is 4.57 Å². The molecule has 0 radical (unpaired) electrons. The van der Waals surface area contributed by atoms with Crippen LogP contribution in [0.5, 0.6) is 5.75 Å². The number of rotatable bonds is 5. The number of hydrogen-bond acceptors (Lipinski definition) is 2. The summed E-state index contributed by atoms with van der Waals surface area (Å²) in [6, 6.07) is 8.91. The summed E-state index contributed by atoms with van der Waals surface area (Å²) in [7, 11) is 1.72. The number of hydrogen-bond donors (Lipinski definition) is 1. The van der Waals surface area contributed by atoms with Crippen molar-refractivity contribution in [2.45, 2.75) is 32.7 Å². The SMILES string of the molecule is COc1cccc2c1cc(CCCN)n2C(C)C. The Morgan fingerprint density at radius 1 is 1.33 bits per heavy atom. The van der Waals surface area contributed by atoms with E-state index < -0.39 is 0 Å². The molecule has 0 aliphatic carbocycles. The molecule has 98 valence electrons. The molecule has 2 N–H and O–H groups in total. The predicted octanol–water partition coefficient (Wildman–Crippen LogP) is 3.12. The fourth-order valence-electron chi connectivity index (χ4n) is 2.54. The summed E-state index contributed by atoms with van der Waals surface area (Å²) in [5, 5.41) is 1.20. The molecular weight excluding hydrogens is 224 g/mol. The van der Waals surface area contributed by atoms with Gasteiger partial charge in [0.25, 0.3) is 0 Å². The summed E-state index contributed by atoms with van der Waals surface area (Å²) < 4.78 is 7.82. The monoisotopic (exact) mass is 246 g/mol. The van der Waals surface area contributed by atoms with E-state index in [0.29, 0.717) is 6.04 Å². The first-order chi connectivity index (χ1) is 8.69. The van der Waals surface area contributed by atoms with Gasteiger partial charge in [0.1, 0.15) is 5.75 Å². The normalized spacial score (nSPS) is 11.4. The van der Waals surface area contributed by atoms with E-state index in [2.05, 4.69) is 30.5 Å². The Labute approximate surface area is 109 Å². The molecule has 0 aliphatic heterocycles. The largest absolute Gasteiger partial charge is 0.496 e. The summed E-state index contributed by atoms with van der Waals surface area (Å²) in [5.74, 6) is 0.945. The van der Waals surface area contributed by atoms with Crippen LogP contribution in [0.4, 0.5) is 0 Å². The summed E-state index contributed by atoms with van der Waals surface area (Å²) in [6.07, 6.45) is 2.04. The van der Waals surface area contributed by atoms with Crippen molar-refractivity contribution in [3.8, 4) is 5.75 Å². The van der Waals surface area contributed by atoms with E-state index in [1.165, 1.54) is 16.6 Å². The summed E-state index contributed by atoms with van der Waals surface area (Å²) in [4.78, 5) is 0. The molecule has 0 atom stereocenters. The zero-order chi connectivity index (χ0) is 13.1. The minimum atomic E-state index is 0.447. The van der Waals surface area contributed by atoms with Crippen LogP contribution >= 0.6 is 0 Å². The van der Waals surface area contributed by atoms with Crippen LogP contribution in [0.3, 0.4) is 0 Å². The van der Waals surface area contributed by atoms with E-state index in [0.717, 1.165) is 25.1 Å². The van der Waals surface area contributed by atoms with Crippen LogP contribution < -0.4 is 10.5 Å². The molecule has 1 heterocycles.